The number of nitrogens with zero attached hydrogens (tertiary/aromatic N) is 1. The number of carbonyl (C=O) groups excluding carboxylic acids is 2. The monoisotopic (exact) mass is 480 g/mol. The van der Waals surface area contributed by atoms with Gasteiger partial charge < -0.3 is 25.0 Å². The molecule has 182 valence electrons. The van der Waals surface area contributed by atoms with E-state index in [1.807, 2.05) is 0 Å². The molecule has 0 radical (unpaired) electrons. The average Bonchev–Trinajstić information content (AvgIpc) is 3.06. The Bertz CT molecular complexity index is 1200. The summed E-state index contributed by atoms with van der Waals surface area (Å²) in [6, 6.07) is 8.88. The van der Waals surface area contributed by atoms with Crippen molar-refractivity contribution in [3.63, 3.8) is 0 Å². The van der Waals surface area contributed by atoms with E-state index < -0.39 is 30.4 Å². The number of rotatable bonds is 11. The number of benzene rings is 2. The van der Waals surface area contributed by atoms with Crippen LogP contribution in [0.25, 0.3) is 6.08 Å². The van der Waals surface area contributed by atoms with Gasteiger partial charge in [0.1, 0.15) is 18.8 Å². The van der Waals surface area contributed by atoms with E-state index in [9.17, 15) is 19.2 Å². The minimum Gasteiger partial charge on any atom is -0.490 e. The molecule has 3 amide bonds. The SMILES string of the molecule is C=CCc1cc(/C=C2/NC(=O)N(CC(=O)O)C2=O)cc(OCC)c1OCc1ccc(C(=O)O)cc1. The molecule has 0 spiro atoms. The number of hydrogen-bond acceptors (Lipinski definition) is 6. The number of nitrogens with one attached hydrogen (secondary N) is 1. The molecule has 3 rings (SSSR count). The van der Waals surface area contributed by atoms with Gasteiger partial charge in [-0.1, -0.05) is 18.2 Å². The molecule has 1 heterocycles. The minimum absolute atomic E-state index is 0.0598. The molecule has 1 saturated heterocycles. The zero-order valence-electron chi connectivity index (χ0n) is 18.9. The van der Waals surface area contributed by atoms with Crippen LogP contribution in [0.2, 0.25) is 0 Å². The molecule has 1 aliphatic rings. The first-order valence-corrected chi connectivity index (χ1v) is 10.7. The van der Waals surface area contributed by atoms with Crippen LogP contribution < -0.4 is 14.8 Å². The van der Waals surface area contributed by atoms with Crippen LogP contribution in [-0.2, 0) is 22.6 Å². The summed E-state index contributed by atoms with van der Waals surface area (Å²) in [5.74, 6) is -2.20. The highest BCUT2D eigenvalue weighted by Gasteiger charge is 2.35. The van der Waals surface area contributed by atoms with Crippen molar-refractivity contribution in [1.82, 2.24) is 10.2 Å². The third kappa shape index (κ3) is 6.05. The summed E-state index contributed by atoms with van der Waals surface area (Å²) in [5, 5.41) is 20.4. The van der Waals surface area contributed by atoms with Crippen LogP contribution in [0.4, 0.5) is 4.79 Å². The maximum atomic E-state index is 12.5. The zero-order chi connectivity index (χ0) is 25.5. The predicted molar refractivity (Wildman–Crippen MR) is 125 cm³/mol. The van der Waals surface area contributed by atoms with Crippen molar-refractivity contribution in [2.45, 2.75) is 20.0 Å². The summed E-state index contributed by atoms with van der Waals surface area (Å²) in [7, 11) is 0. The minimum atomic E-state index is -1.30. The number of amides is 3. The number of aromatic carboxylic acids is 1. The van der Waals surface area contributed by atoms with Gasteiger partial charge in [0.15, 0.2) is 11.5 Å². The van der Waals surface area contributed by atoms with E-state index in [0.29, 0.717) is 40.6 Å². The highest BCUT2D eigenvalue weighted by molar-refractivity contribution is 6.15. The van der Waals surface area contributed by atoms with Crippen molar-refractivity contribution in [1.29, 1.82) is 0 Å². The van der Waals surface area contributed by atoms with Gasteiger partial charge in [0.25, 0.3) is 5.91 Å². The lowest BCUT2D eigenvalue weighted by atomic mass is 10.0. The molecular weight excluding hydrogens is 456 g/mol. The van der Waals surface area contributed by atoms with E-state index in [1.165, 1.54) is 18.2 Å². The van der Waals surface area contributed by atoms with Gasteiger partial charge in [-0.25, -0.2) is 14.5 Å². The first-order valence-electron chi connectivity index (χ1n) is 10.7. The third-order valence-electron chi connectivity index (χ3n) is 4.97. The van der Waals surface area contributed by atoms with Crippen LogP contribution in [-0.4, -0.2) is 52.1 Å². The molecule has 2 aromatic rings. The molecule has 1 aliphatic heterocycles. The number of allylic oxidation sites excluding steroid dienone is 1. The van der Waals surface area contributed by atoms with Crippen LogP contribution in [0.3, 0.4) is 0 Å². The predicted octanol–water partition coefficient (Wildman–Crippen LogP) is 3.07. The number of imide groups is 1. The second kappa shape index (κ2) is 11.0. The van der Waals surface area contributed by atoms with Crippen molar-refractivity contribution in [3.05, 3.63) is 77.0 Å². The Morgan fingerprint density at radius 2 is 1.83 bits per heavy atom. The fourth-order valence-corrected chi connectivity index (χ4v) is 3.42. The summed E-state index contributed by atoms with van der Waals surface area (Å²) < 4.78 is 11.8. The molecule has 0 unspecified atom stereocenters. The van der Waals surface area contributed by atoms with Gasteiger partial charge in [-0.2, -0.15) is 0 Å². The molecule has 35 heavy (non-hydrogen) atoms. The normalized spacial score (nSPS) is 14.1. The summed E-state index contributed by atoms with van der Waals surface area (Å²) in [5.41, 5.74) is 2.11. The average molecular weight is 480 g/mol. The smallest absolute Gasteiger partial charge is 0.335 e. The van der Waals surface area contributed by atoms with E-state index >= 15 is 0 Å². The molecule has 2 aromatic carbocycles. The maximum absolute atomic E-state index is 12.5. The Morgan fingerprint density at radius 1 is 1.11 bits per heavy atom. The molecule has 3 N–H and O–H groups in total. The van der Waals surface area contributed by atoms with E-state index in [0.717, 1.165) is 5.56 Å². The number of carboxylic acids is 2. The Balaban J connectivity index is 1.91. The Labute approximate surface area is 201 Å². The van der Waals surface area contributed by atoms with Gasteiger partial charge in [-0.3, -0.25) is 9.59 Å². The fourth-order valence-electron chi connectivity index (χ4n) is 3.42. The van der Waals surface area contributed by atoms with Crippen molar-refractivity contribution in [3.8, 4) is 11.5 Å². The lowest BCUT2D eigenvalue weighted by Gasteiger charge is -2.17. The van der Waals surface area contributed by atoms with Gasteiger partial charge in [0.2, 0.25) is 0 Å². The molecule has 0 bridgehead atoms. The van der Waals surface area contributed by atoms with Gasteiger partial charge in [-0.15, -0.1) is 6.58 Å². The van der Waals surface area contributed by atoms with E-state index in [-0.39, 0.29) is 17.9 Å². The molecule has 0 saturated carbocycles. The van der Waals surface area contributed by atoms with Crippen molar-refractivity contribution < 1.29 is 38.9 Å². The molecular formula is C25H24N2O8. The molecule has 10 nitrogen and oxygen atoms in total. The Hall–Kier alpha value is -4.60. The highest BCUT2D eigenvalue weighted by Crippen LogP contribution is 2.35. The van der Waals surface area contributed by atoms with Gasteiger partial charge >= 0.3 is 18.0 Å². The first kappa shape index (κ1) is 25.0. The standard InChI is InChI=1S/C25H24N2O8/c1-3-5-18-10-16(11-19-23(30)27(13-21(28)29)25(33)26-19)12-20(34-4-2)22(18)35-14-15-6-8-17(9-7-15)24(31)32/h3,6-12H,1,4-5,13-14H2,2H3,(H,26,33)(H,28,29)(H,31,32)/b19-11+. The number of aliphatic carboxylic acids is 1. The largest absolute Gasteiger partial charge is 0.490 e. The van der Waals surface area contributed by atoms with Crippen molar-refractivity contribution in [2.75, 3.05) is 13.2 Å². The van der Waals surface area contributed by atoms with Crippen LogP contribution in [0.5, 0.6) is 11.5 Å². The van der Waals surface area contributed by atoms with E-state index in [4.69, 9.17) is 19.7 Å². The zero-order valence-corrected chi connectivity index (χ0v) is 18.9. The summed E-state index contributed by atoms with van der Waals surface area (Å²) in [4.78, 5) is 47.1. The van der Waals surface area contributed by atoms with Crippen LogP contribution in [0.15, 0.2) is 54.8 Å². The van der Waals surface area contributed by atoms with Crippen LogP contribution >= 0.6 is 0 Å². The van der Waals surface area contributed by atoms with Crippen LogP contribution in [0, 0.1) is 0 Å². The van der Waals surface area contributed by atoms with E-state index in [2.05, 4.69) is 11.9 Å². The van der Waals surface area contributed by atoms with E-state index in [1.54, 1.807) is 37.3 Å². The highest BCUT2D eigenvalue weighted by atomic mass is 16.5. The molecule has 0 aliphatic carbocycles. The second-order valence-corrected chi connectivity index (χ2v) is 7.50. The lowest BCUT2D eigenvalue weighted by molar-refractivity contribution is -0.140. The Morgan fingerprint density at radius 3 is 2.43 bits per heavy atom. The molecule has 1 fully saturated rings. The molecule has 10 heteroatoms. The van der Waals surface area contributed by atoms with Gasteiger partial charge in [0.05, 0.1) is 12.2 Å². The fraction of sp³-hybridized carbons (Fsp3) is 0.200. The number of carboxylic acid groups (broad SMARTS) is 2. The Kier molecular flexibility index (Phi) is 7.88. The second-order valence-electron chi connectivity index (χ2n) is 7.50. The third-order valence-corrected chi connectivity index (χ3v) is 4.97. The number of ether oxygens (including phenoxy) is 2. The maximum Gasteiger partial charge on any atom is 0.335 e. The topological polar surface area (TPSA) is 142 Å². The summed E-state index contributed by atoms with van der Waals surface area (Å²) in [6.45, 7) is 5.32. The van der Waals surface area contributed by atoms with Gasteiger partial charge in [-0.05, 0) is 54.8 Å². The molecule has 0 atom stereocenters. The summed E-state index contributed by atoms with van der Waals surface area (Å²) in [6.07, 6.45) is 3.52. The first-order chi connectivity index (χ1) is 16.7. The number of carbonyl (C=O) groups is 4. The van der Waals surface area contributed by atoms with Crippen LogP contribution in [0.1, 0.15) is 34.0 Å². The van der Waals surface area contributed by atoms with Crippen molar-refractivity contribution >= 4 is 30.0 Å². The lowest BCUT2D eigenvalue weighted by Crippen LogP contribution is -2.35. The van der Waals surface area contributed by atoms with Crippen molar-refractivity contribution in [2.24, 2.45) is 0 Å². The molecule has 0 aromatic heterocycles. The van der Waals surface area contributed by atoms with Gasteiger partial charge in [0, 0.05) is 5.56 Å². The number of hydrogen-bond donors (Lipinski definition) is 3. The number of urea groups is 1. The quantitative estimate of drug-likeness (QED) is 0.253. The summed E-state index contributed by atoms with van der Waals surface area (Å²) >= 11 is 0.